The van der Waals surface area contributed by atoms with Crippen molar-refractivity contribution < 1.29 is 9.47 Å². The number of hydrogen-bond acceptors (Lipinski definition) is 4. The molecule has 0 unspecified atom stereocenters. The fourth-order valence-corrected chi connectivity index (χ4v) is 2.23. The Morgan fingerprint density at radius 2 is 1.95 bits per heavy atom. The predicted octanol–water partition coefficient (Wildman–Crippen LogP) is 1.51. The first-order chi connectivity index (χ1) is 9.38. The number of morpholine rings is 1. The van der Waals surface area contributed by atoms with Crippen molar-refractivity contribution in [2.24, 2.45) is 0 Å². The first kappa shape index (κ1) is 14.3. The molecule has 1 aromatic carbocycles. The van der Waals surface area contributed by atoms with Crippen LogP contribution in [0.2, 0.25) is 0 Å². The monoisotopic (exact) mass is 264 g/mol. The van der Waals surface area contributed by atoms with Crippen LogP contribution in [0.1, 0.15) is 12.0 Å². The Bertz CT molecular complexity index is 348. The molecular weight excluding hydrogens is 240 g/mol. The summed E-state index contributed by atoms with van der Waals surface area (Å²) in [6, 6.07) is 8.22. The lowest BCUT2D eigenvalue weighted by atomic mass is 10.2. The molecule has 2 rings (SSSR count). The zero-order valence-electron chi connectivity index (χ0n) is 11.7. The Kier molecular flexibility index (Phi) is 6.14. The third-order valence-corrected chi connectivity index (χ3v) is 3.42. The molecule has 1 aromatic rings. The molecule has 0 aromatic heterocycles. The molecule has 106 valence electrons. The SMILES string of the molecule is COc1ccc(CNCCCN2CCOCC2)cc1. The minimum absolute atomic E-state index is 0.888. The number of methoxy groups -OCH3 is 1. The van der Waals surface area contributed by atoms with Crippen LogP contribution in [0.5, 0.6) is 5.75 Å². The van der Waals surface area contributed by atoms with Gasteiger partial charge < -0.3 is 14.8 Å². The van der Waals surface area contributed by atoms with Crippen LogP contribution in [0.3, 0.4) is 0 Å². The van der Waals surface area contributed by atoms with Crippen LogP contribution >= 0.6 is 0 Å². The molecule has 1 fully saturated rings. The zero-order valence-corrected chi connectivity index (χ0v) is 11.7. The minimum atomic E-state index is 0.888. The molecule has 0 spiro atoms. The molecule has 0 bridgehead atoms. The fourth-order valence-electron chi connectivity index (χ4n) is 2.23. The summed E-state index contributed by atoms with van der Waals surface area (Å²) in [5.74, 6) is 0.913. The van der Waals surface area contributed by atoms with Crippen molar-refractivity contribution in [3.05, 3.63) is 29.8 Å². The van der Waals surface area contributed by atoms with Crippen molar-refractivity contribution in [3.63, 3.8) is 0 Å². The van der Waals surface area contributed by atoms with Gasteiger partial charge in [-0.05, 0) is 37.2 Å². The first-order valence-corrected chi connectivity index (χ1v) is 7.02. The number of nitrogens with one attached hydrogen (secondary N) is 1. The second kappa shape index (κ2) is 8.15. The molecule has 1 N–H and O–H groups in total. The van der Waals surface area contributed by atoms with Gasteiger partial charge in [0.15, 0.2) is 0 Å². The van der Waals surface area contributed by atoms with Gasteiger partial charge in [0.05, 0.1) is 20.3 Å². The number of benzene rings is 1. The molecule has 1 aliphatic heterocycles. The van der Waals surface area contributed by atoms with Gasteiger partial charge in [-0.2, -0.15) is 0 Å². The maximum atomic E-state index is 5.34. The van der Waals surface area contributed by atoms with Gasteiger partial charge in [0.25, 0.3) is 0 Å². The van der Waals surface area contributed by atoms with Crippen LogP contribution in [-0.2, 0) is 11.3 Å². The molecule has 1 heterocycles. The van der Waals surface area contributed by atoms with E-state index in [-0.39, 0.29) is 0 Å². The highest BCUT2D eigenvalue weighted by atomic mass is 16.5. The van der Waals surface area contributed by atoms with E-state index in [0.29, 0.717) is 0 Å². The van der Waals surface area contributed by atoms with E-state index in [9.17, 15) is 0 Å². The molecule has 0 radical (unpaired) electrons. The average Bonchev–Trinajstić information content (AvgIpc) is 2.49. The van der Waals surface area contributed by atoms with Gasteiger partial charge in [-0.3, -0.25) is 4.90 Å². The smallest absolute Gasteiger partial charge is 0.118 e. The van der Waals surface area contributed by atoms with Gasteiger partial charge in [0.2, 0.25) is 0 Å². The Morgan fingerprint density at radius 3 is 2.63 bits per heavy atom. The van der Waals surface area contributed by atoms with Crippen LogP contribution in [-0.4, -0.2) is 51.4 Å². The summed E-state index contributed by atoms with van der Waals surface area (Å²) in [6.45, 7) is 7.09. The Labute approximate surface area is 115 Å². The standard InChI is InChI=1S/C15H24N2O2/c1-18-15-5-3-14(4-6-15)13-16-7-2-8-17-9-11-19-12-10-17/h3-6,16H,2,7-13H2,1H3. The molecule has 4 nitrogen and oxygen atoms in total. The highest BCUT2D eigenvalue weighted by Crippen LogP contribution is 2.10. The number of nitrogens with zero attached hydrogens (tertiary/aromatic N) is 1. The molecule has 1 saturated heterocycles. The second-order valence-electron chi connectivity index (χ2n) is 4.83. The van der Waals surface area contributed by atoms with Gasteiger partial charge in [0, 0.05) is 19.6 Å². The molecule has 0 saturated carbocycles. The molecule has 0 aliphatic carbocycles. The fraction of sp³-hybridized carbons (Fsp3) is 0.600. The van der Waals surface area contributed by atoms with Gasteiger partial charge >= 0.3 is 0 Å². The topological polar surface area (TPSA) is 33.7 Å². The van der Waals surface area contributed by atoms with E-state index in [0.717, 1.165) is 45.1 Å². The van der Waals surface area contributed by atoms with E-state index in [1.165, 1.54) is 18.5 Å². The van der Waals surface area contributed by atoms with Crippen molar-refractivity contribution in [2.75, 3.05) is 46.5 Å². The van der Waals surface area contributed by atoms with Crippen molar-refractivity contribution in [3.8, 4) is 5.75 Å². The predicted molar refractivity (Wildman–Crippen MR) is 76.6 cm³/mol. The Morgan fingerprint density at radius 1 is 1.21 bits per heavy atom. The molecule has 0 amide bonds. The van der Waals surface area contributed by atoms with Gasteiger partial charge in [-0.1, -0.05) is 12.1 Å². The maximum absolute atomic E-state index is 5.34. The average molecular weight is 264 g/mol. The summed E-state index contributed by atoms with van der Waals surface area (Å²) in [7, 11) is 1.69. The number of rotatable bonds is 7. The van der Waals surface area contributed by atoms with Crippen molar-refractivity contribution in [1.82, 2.24) is 10.2 Å². The van der Waals surface area contributed by atoms with Crippen molar-refractivity contribution in [2.45, 2.75) is 13.0 Å². The van der Waals surface area contributed by atoms with E-state index in [1.54, 1.807) is 7.11 Å². The number of hydrogen-bond donors (Lipinski definition) is 1. The summed E-state index contributed by atoms with van der Waals surface area (Å²) in [5.41, 5.74) is 1.30. The Balaban J connectivity index is 1.55. The summed E-state index contributed by atoms with van der Waals surface area (Å²) in [4.78, 5) is 2.47. The van der Waals surface area contributed by atoms with Crippen LogP contribution in [0.25, 0.3) is 0 Å². The van der Waals surface area contributed by atoms with Crippen molar-refractivity contribution in [1.29, 1.82) is 0 Å². The summed E-state index contributed by atoms with van der Waals surface area (Å²) in [6.07, 6.45) is 1.19. The molecule has 19 heavy (non-hydrogen) atoms. The van der Waals surface area contributed by atoms with Crippen LogP contribution in [0.15, 0.2) is 24.3 Å². The largest absolute Gasteiger partial charge is 0.497 e. The van der Waals surface area contributed by atoms with E-state index < -0.39 is 0 Å². The molecule has 0 atom stereocenters. The number of ether oxygens (including phenoxy) is 2. The lowest BCUT2D eigenvalue weighted by Gasteiger charge is -2.26. The van der Waals surface area contributed by atoms with Crippen molar-refractivity contribution >= 4 is 0 Å². The van der Waals surface area contributed by atoms with E-state index in [4.69, 9.17) is 9.47 Å². The maximum Gasteiger partial charge on any atom is 0.118 e. The van der Waals surface area contributed by atoms with Gasteiger partial charge in [-0.25, -0.2) is 0 Å². The van der Waals surface area contributed by atoms with Gasteiger partial charge in [-0.15, -0.1) is 0 Å². The zero-order chi connectivity index (χ0) is 13.3. The highest BCUT2D eigenvalue weighted by molar-refractivity contribution is 5.26. The first-order valence-electron chi connectivity index (χ1n) is 7.02. The highest BCUT2D eigenvalue weighted by Gasteiger charge is 2.08. The van der Waals surface area contributed by atoms with E-state index in [2.05, 4.69) is 22.3 Å². The molecular formula is C15H24N2O2. The third kappa shape index (κ3) is 5.19. The summed E-state index contributed by atoms with van der Waals surface area (Å²) in [5, 5.41) is 3.48. The van der Waals surface area contributed by atoms with Crippen LogP contribution < -0.4 is 10.1 Å². The lowest BCUT2D eigenvalue weighted by molar-refractivity contribution is 0.0374. The van der Waals surface area contributed by atoms with E-state index in [1.807, 2.05) is 12.1 Å². The quantitative estimate of drug-likeness (QED) is 0.757. The Hall–Kier alpha value is -1.10. The normalized spacial score (nSPS) is 16.5. The van der Waals surface area contributed by atoms with Crippen LogP contribution in [0.4, 0.5) is 0 Å². The summed E-state index contributed by atoms with van der Waals surface area (Å²) < 4.78 is 10.5. The summed E-state index contributed by atoms with van der Waals surface area (Å²) >= 11 is 0. The van der Waals surface area contributed by atoms with Gasteiger partial charge in [0.1, 0.15) is 5.75 Å². The van der Waals surface area contributed by atoms with E-state index >= 15 is 0 Å². The molecule has 1 aliphatic rings. The molecule has 4 heteroatoms. The second-order valence-corrected chi connectivity index (χ2v) is 4.83. The van der Waals surface area contributed by atoms with Crippen LogP contribution in [0, 0.1) is 0 Å². The lowest BCUT2D eigenvalue weighted by Crippen LogP contribution is -2.37. The minimum Gasteiger partial charge on any atom is -0.497 e. The third-order valence-electron chi connectivity index (χ3n) is 3.42.